The van der Waals surface area contributed by atoms with Gasteiger partial charge in [0.2, 0.25) is 0 Å². The molecule has 0 radical (unpaired) electrons. The molecule has 0 spiro atoms. The zero-order valence-electron chi connectivity index (χ0n) is 13.6. The molecular weight excluding hydrogens is 252 g/mol. The van der Waals surface area contributed by atoms with Gasteiger partial charge >= 0.3 is 0 Å². The van der Waals surface area contributed by atoms with Gasteiger partial charge in [-0.3, -0.25) is 0 Å². The lowest BCUT2D eigenvalue weighted by Gasteiger charge is -2.56. The summed E-state index contributed by atoms with van der Waals surface area (Å²) in [6.45, 7) is 14.4. The van der Waals surface area contributed by atoms with Crippen molar-refractivity contribution in [3.8, 4) is 0 Å². The predicted octanol–water partition coefficient (Wildman–Crippen LogP) is 5.52. The molecule has 0 aromatic heterocycles. The fourth-order valence-electron chi connectivity index (χ4n) is 4.41. The van der Waals surface area contributed by atoms with Gasteiger partial charge in [0.15, 0.2) is 7.83 Å². The van der Waals surface area contributed by atoms with Crippen LogP contribution in [0.4, 0.5) is 0 Å². The summed E-state index contributed by atoms with van der Waals surface area (Å²) in [6, 6.07) is 7.19. The molecule has 1 saturated heterocycles. The van der Waals surface area contributed by atoms with Crippen LogP contribution in [0.3, 0.4) is 0 Å². The highest BCUT2D eigenvalue weighted by Gasteiger charge is 2.58. The van der Waals surface area contributed by atoms with E-state index in [-0.39, 0.29) is 5.60 Å². The summed E-state index contributed by atoms with van der Waals surface area (Å²) in [5.41, 5.74) is 0.249. The third-order valence-electron chi connectivity index (χ3n) is 6.22. The first-order valence-corrected chi connectivity index (χ1v) is 14.2. The van der Waals surface area contributed by atoms with Crippen LogP contribution in [-0.2, 0) is 4.43 Å². The Morgan fingerprint density at radius 2 is 1.33 bits per heavy atom. The van der Waals surface area contributed by atoms with Crippen LogP contribution in [0.5, 0.6) is 0 Å². The van der Waals surface area contributed by atoms with Crippen molar-refractivity contribution < 1.29 is 4.43 Å². The first-order valence-electron chi connectivity index (χ1n) is 8.23. The van der Waals surface area contributed by atoms with Crippen molar-refractivity contribution in [2.24, 2.45) is 0 Å². The van der Waals surface area contributed by atoms with Gasteiger partial charge < -0.3 is 4.43 Å². The van der Waals surface area contributed by atoms with Crippen molar-refractivity contribution in [2.75, 3.05) is 0 Å². The summed E-state index contributed by atoms with van der Waals surface area (Å²) in [4.78, 5) is 0. The number of hydrogen-bond acceptors (Lipinski definition) is 1. The van der Waals surface area contributed by atoms with Gasteiger partial charge in [-0.05, 0) is 31.4 Å². The van der Waals surface area contributed by atoms with Crippen molar-refractivity contribution in [2.45, 2.75) is 96.6 Å². The number of hydrogen-bond donors (Lipinski definition) is 0. The molecule has 1 heterocycles. The summed E-state index contributed by atoms with van der Waals surface area (Å²) < 4.78 is 7.06. The molecule has 1 aliphatic rings. The van der Waals surface area contributed by atoms with E-state index in [1.165, 1.54) is 43.4 Å². The van der Waals surface area contributed by atoms with Gasteiger partial charge in [-0.2, -0.15) is 0 Å². The molecule has 0 N–H and O–H groups in total. The van der Waals surface area contributed by atoms with E-state index in [1.54, 1.807) is 6.04 Å². The maximum atomic E-state index is 7.06. The van der Waals surface area contributed by atoms with Crippen molar-refractivity contribution in [1.82, 2.24) is 0 Å². The van der Waals surface area contributed by atoms with Gasteiger partial charge in [0, 0.05) is 0 Å². The molecule has 3 heteroatoms. The molecule has 1 rings (SSSR count). The van der Waals surface area contributed by atoms with Crippen LogP contribution >= 0.6 is 0 Å². The van der Waals surface area contributed by atoms with Gasteiger partial charge in [-0.1, -0.05) is 59.7 Å². The second-order valence-electron chi connectivity index (χ2n) is 6.18. The minimum absolute atomic E-state index is 0.249. The van der Waals surface area contributed by atoms with Crippen LogP contribution in [0.1, 0.15) is 60.8 Å². The van der Waals surface area contributed by atoms with Gasteiger partial charge in [0.05, 0.1) is 13.2 Å². The molecule has 1 nitrogen and oxygen atoms in total. The van der Waals surface area contributed by atoms with E-state index >= 15 is 0 Å². The van der Waals surface area contributed by atoms with Crippen LogP contribution < -0.4 is 0 Å². The molecule has 0 bridgehead atoms. The molecule has 0 saturated carbocycles. The summed E-state index contributed by atoms with van der Waals surface area (Å²) in [6.07, 6.45) is 3.79. The predicted molar refractivity (Wildman–Crippen MR) is 87.3 cm³/mol. The molecular formula is C15H34OSi2. The first kappa shape index (κ1) is 16.4. The van der Waals surface area contributed by atoms with Crippen LogP contribution in [0.2, 0.25) is 30.2 Å². The third-order valence-corrected chi connectivity index (χ3v) is 26.3. The van der Waals surface area contributed by atoms with Crippen molar-refractivity contribution in [1.29, 1.82) is 0 Å². The maximum absolute atomic E-state index is 7.06. The van der Waals surface area contributed by atoms with Crippen molar-refractivity contribution in [3.05, 3.63) is 0 Å². The van der Waals surface area contributed by atoms with E-state index in [0.717, 1.165) is 0 Å². The average Bonchev–Trinajstić information content (AvgIpc) is 2.46. The normalized spacial score (nSPS) is 25.0. The Hall–Kier alpha value is 0.394. The Labute approximate surface area is 117 Å². The Balaban J connectivity index is 3.14. The summed E-state index contributed by atoms with van der Waals surface area (Å²) in [5, 5.41) is 0. The maximum Gasteiger partial charge on any atom is 0.180 e. The molecule has 0 aliphatic carbocycles. The molecule has 0 atom stereocenters. The van der Waals surface area contributed by atoms with Crippen molar-refractivity contribution >= 4 is 15.4 Å². The smallest absolute Gasteiger partial charge is 0.180 e. The largest absolute Gasteiger partial charge is 0.414 e. The van der Waals surface area contributed by atoms with Crippen LogP contribution in [0.15, 0.2) is 0 Å². The Morgan fingerprint density at radius 1 is 0.833 bits per heavy atom. The highest BCUT2D eigenvalue weighted by Crippen LogP contribution is 2.48. The SMILES string of the molecule is CCC1(CC)CC[Si](CC)(CC)[Si](CC)(CC)O1. The Morgan fingerprint density at radius 3 is 1.67 bits per heavy atom. The average molecular weight is 287 g/mol. The van der Waals surface area contributed by atoms with Crippen LogP contribution in [-0.4, -0.2) is 21.0 Å². The fourth-order valence-corrected chi connectivity index (χ4v) is 23.4. The van der Waals surface area contributed by atoms with Crippen LogP contribution in [0.25, 0.3) is 0 Å². The Bertz CT molecular complexity index is 253. The number of rotatable bonds is 6. The van der Waals surface area contributed by atoms with Gasteiger partial charge in [0.1, 0.15) is 0 Å². The van der Waals surface area contributed by atoms with E-state index in [4.69, 9.17) is 4.43 Å². The highest BCUT2D eigenvalue weighted by atomic mass is 29.3. The monoisotopic (exact) mass is 286 g/mol. The summed E-state index contributed by atoms with van der Waals surface area (Å²) >= 11 is 0. The molecule has 1 fully saturated rings. The zero-order valence-corrected chi connectivity index (χ0v) is 15.6. The van der Waals surface area contributed by atoms with E-state index in [9.17, 15) is 0 Å². The second kappa shape index (κ2) is 6.23. The molecule has 18 heavy (non-hydrogen) atoms. The molecule has 1 aliphatic heterocycles. The zero-order chi connectivity index (χ0) is 13.9. The highest BCUT2D eigenvalue weighted by molar-refractivity contribution is 7.40. The molecule has 0 aromatic carbocycles. The third kappa shape index (κ3) is 2.38. The Kier molecular flexibility index (Phi) is 5.69. The molecule has 0 aromatic rings. The van der Waals surface area contributed by atoms with Gasteiger partial charge in [0.25, 0.3) is 0 Å². The lowest BCUT2D eigenvalue weighted by Crippen LogP contribution is -2.70. The topological polar surface area (TPSA) is 9.23 Å². The van der Waals surface area contributed by atoms with E-state index < -0.39 is 15.4 Å². The van der Waals surface area contributed by atoms with E-state index in [2.05, 4.69) is 41.5 Å². The van der Waals surface area contributed by atoms with Crippen molar-refractivity contribution in [3.63, 3.8) is 0 Å². The second-order valence-corrected chi connectivity index (χ2v) is 20.2. The molecule has 108 valence electrons. The minimum atomic E-state index is -1.45. The van der Waals surface area contributed by atoms with E-state index in [1.807, 2.05) is 0 Å². The van der Waals surface area contributed by atoms with Crippen LogP contribution in [0, 0.1) is 0 Å². The van der Waals surface area contributed by atoms with Gasteiger partial charge in [-0.15, -0.1) is 0 Å². The molecule has 0 amide bonds. The minimum Gasteiger partial charge on any atom is -0.414 e. The summed E-state index contributed by atoms with van der Waals surface area (Å²) in [5.74, 6) is 0. The summed E-state index contributed by atoms with van der Waals surface area (Å²) in [7, 11) is -2.56. The quantitative estimate of drug-likeness (QED) is 0.584. The standard InChI is InChI=1S/C15H34OSi2/c1-7-15(8-2)13-14-17(9-3,10-4)18(11-5,12-6)16-15/h7-14H2,1-6H3. The fraction of sp³-hybridized carbons (Fsp3) is 1.00. The first-order chi connectivity index (χ1) is 8.53. The molecule has 0 unspecified atom stereocenters. The van der Waals surface area contributed by atoms with Gasteiger partial charge in [-0.25, -0.2) is 0 Å². The van der Waals surface area contributed by atoms with E-state index in [0.29, 0.717) is 0 Å². The lowest BCUT2D eigenvalue weighted by molar-refractivity contribution is 0.0416. The lowest BCUT2D eigenvalue weighted by atomic mass is 9.94.